The van der Waals surface area contributed by atoms with E-state index in [4.69, 9.17) is 9.72 Å². The van der Waals surface area contributed by atoms with E-state index in [1.807, 2.05) is 42.8 Å². The first kappa shape index (κ1) is 22.2. The summed E-state index contributed by atoms with van der Waals surface area (Å²) >= 11 is 0. The van der Waals surface area contributed by atoms with Gasteiger partial charge >= 0.3 is 6.61 Å². The number of aromatic nitrogens is 6. The molecule has 11 heteroatoms. The van der Waals surface area contributed by atoms with Crippen LogP contribution < -0.4 is 14.8 Å². The van der Waals surface area contributed by atoms with Crippen LogP contribution in [0, 0.1) is 0 Å². The Kier molecular flexibility index (Phi) is 5.20. The van der Waals surface area contributed by atoms with Gasteiger partial charge in [-0.2, -0.15) is 13.8 Å². The van der Waals surface area contributed by atoms with Gasteiger partial charge in [0.2, 0.25) is 0 Å². The molecule has 36 heavy (non-hydrogen) atoms. The van der Waals surface area contributed by atoms with Crippen molar-refractivity contribution < 1.29 is 18.3 Å². The number of nitrogens with zero attached hydrogens (tertiary/aromatic N) is 5. The predicted octanol–water partition coefficient (Wildman–Crippen LogP) is 4.75. The fraction of sp³-hybridized carbons (Fsp3) is 0.280. The number of fused-ring (bicyclic) bond motifs is 4. The molecule has 184 valence electrons. The van der Waals surface area contributed by atoms with Gasteiger partial charge < -0.3 is 19.8 Å². The Morgan fingerprint density at radius 3 is 2.92 bits per heavy atom. The molecule has 5 heterocycles. The number of halogens is 2. The van der Waals surface area contributed by atoms with Crippen LogP contribution in [0.5, 0.6) is 11.8 Å². The van der Waals surface area contributed by atoms with Crippen LogP contribution >= 0.6 is 0 Å². The molecule has 1 aromatic carbocycles. The number of benzene rings is 1. The van der Waals surface area contributed by atoms with E-state index >= 15 is 0 Å². The van der Waals surface area contributed by atoms with Gasteiger partial charge in [-0.15, -0.1) is 0 Å². The minimum Gasteiger partial charge on any atom is -0.462 e. The van der Waals surface area contributed by atoms with E-state index in [0.29, 0.717) is 47.5 Å². The van der Waals surface area contributed by atoms with Gasteiger partial charge in [0.05, 0.1) is 11.7 Å². The van der Waals surface area contributed by atoms with Crippen molar-refractivity contribution >= 4 is 27.9 Å². The molecular weight excluding hydrogens is 468 g/mol. The fourth-order valence-electron chi connectivity index (χ4n) is 4.50. The summed E-state index contributed by atoms with van der Waals surface area (Å²) in [5, 5.41) is 4.57. The second-order valence-corrected chi connectivity index (χ2v) is 9.22. The Morgan fingerprint density at radius 1 is 1.19 bits per heavy atom. The van der Waals surface area contributed by atoms with Gasteiger partial charge in [-0.1, -0.05) is 18.2 Å². The number of alkyl halides is 2. The number of hydrogen-bond donors (Lipinski definition) is 2. The van der Waals surface area contributed by atoms with E-state index < -0.39 is 6.61 Å². The molecule has 0 radical (unpaired) electrons. The highest BCUT2D eigenvalue weighted by molar-refractivity contribution is 5.87. The summed E-state index contributed by atoms with van der Waals surface area (Å²) in [6.45, 7) is 2.17. The SMILES string of the molecule is CC1(C)COc2nc3c(NCCc4c[nH]c5ccccc45)nc(-c4cncc(OC(F)F)c4)nc3n21. The first-order valence-electron chi connectivity index (χ1n) is 11.5. The number of nitrogens with one attached hydrogen (secondary N) is 2. The second-order valence-electron chi connectivity index (χ2n) is 9.22. The summed E-state index contributed by atoms with van der Waals surface area (Å²) in [5.41, 5.74) is 3.52. The largest absolute Gasteiger partial charge is 0.462 e. The van der Waals surface area contributed by atoms with Crippen molar-refractivity contribution in [2.45, 2.75) is 32.4 Å². The van der Waals surface area contributed by atoms with Crippen molar-refractivity contribution in [1.29, 1.82) is 0 Å². The molecule has 0 amide bonds. The molecule has 0 fully saturated rings. The van der Waals surface area contributed by atoms with E-state index in [9.17, 15) is 8.78 Å². The van der Waals surface area contributed by atoms with Crippen LogP contribution in [0.2, 0.25) is 0 Å². The van der Waals surface area contributed by atoms with E-state index in [2.05, 4.69) is 36.1 Å². The van der Waals surface area contributed by atoms with Crippen LogP contribution in [0.3, 0.4) is 0 Å². The van der Waals surface area contributed by atoms with Crippen LogP contribution in [0.1, 0.15) is 19.4 Å². The van der Waals surface area contributed by atoms with E-state index in [1.54, 1.807) is 0 Å². The van der Waals surface area contributed by atoms with E-state index in [0.717, 1.165) is 11.9 Å². The van der Waals surface area contributed by atoms with E-state index in [-0.39, 0.29) is 11.3 Å². The van der Waals surface area contributed by atoms with Gasteiger partial charge in [0.25, 0.3) is 6.01 Å². The number of anilines is 1. The normalized spacial score (nSPS) is 14.4. The average molecular weight is 492 g/mol. The van der Waals surface area contributed by atoms with Crippen molar-refractivity contribution in [2.75, 3.05) is 18.5 Å². The lowest BCUT2D eigenvalue weighted by Crippen LogP contribution is -2.25. The van der Waals surface area contributed by atoms with Crippen LogP contribution in [0.15, 0.2) is 48.9 Å². The standard InChI is InChI=1S/C25H23F2N7O2/c1-25(2)13-35-24-31-19-21(29-8-7-14-11-30-18-6-4-3-5-17(14)18)32-20(33-22(19)34(24)25)15-9-16(12-28-10-15)36-23(26)27/h3-6,9-12,23,30H,7-8,13H2,1-2H3,(H,29,32,33). The molecule has 0 saturated heterocycles. The Balaban J connectivity index is 1.38. The number of imidazole rings is 1. The Morgan fingerprint density at radius 2 is 2.06 bits per heavy atom. The first-order chi connectivity index (χ1) is 17.4. The van der Waals surface area contributed by atoms with E-state index in [1.165, 1.54) is 29.4 Å². The zero-order chi connectivity index (χ0) is 24.9. The van der Waals surface area contributed by atoms with Gasteiger partial charge in [-0.3, -0.25) is 9.55 Å². The number of H-pyrrole nitrogens is 1. The van der Waals surface area contributed by atoms with Crippen LogP contribution in [0.25, 0.3) is 33.5 Å². The topological polar surface area (TPSA) is 103 Å². The van der Waals surface area contributed by atoms with Crippen LogP contribution in [-0.4, -0.2) is 49.3 Å². The third-order valence-corrected chi connectivity index (χ3v) is 6.19. The Labute approximate surface area is 204 Å². The second kappa shape index (κ2) is 8.43. The minimum atomic E-state index is -2.96. The number of rotatable bonds is 7. The smallest absolute Gasteiger partial charge is 0.387 e. The first-order valence-corrected chi connectivity index (χ1v) is 11.5. The molecule has 5 aromatic rings. The lowest BCUT2D eigenvalue weighted by atomic mass is 10.1. The summed E-state index contributed by atoms with van der Waals surface area (Å²) in [5.74, 6) is 0.772. The number of hydrogen-bond acceptors (Lipinski definition) is 7. The molecule has 2 N–H and O–H groups in total. The maximum Gasteiger partial charge on any atom is 0.387 e. The summed E-state index contributed by atoms with van der Waals surface area (Å²) in [6.07, 6.45) is 5.49. The molecule has 0 saturated carbocycles. The van der Waals surface area contributed by atoms with Crippen LogP contribution in [0.4, 0.5) is 14.6 Å². The maximum atomic E-state index is 12.8. The molecule has 0 atom stereocenters. The quantitative estimate of drug-likeness (QED) is 0.339. The van der Waals surface area contributed by atoms with Crippen molar-refractivity contribution in [3.8, 4) is 23.1 Å². The zero-order valence-electron chi connectivity index (χ0n) is 19.6. The van der Waals surface area contributed by atoms with Crippen molar-refractivity contribution in [2.24, 2.45) is 0 Å². The molecular formula is C25H23F2N7O2. The molecule has 6 rings (SSSR count). The third-order valence-electron chi connectivity index (χ3n) is 6.19. The van der Waals surface area contributed by atoms with Crippen molar-refractivity contribution in [1.82, 2.24) is 29.5 Å². The summed E-state index contributed by atoms with van der Waals surface area (Å²) < 4.78 is 37.8. The number of pyridine rings is 1. The highest BCUT2D eigenvalue weighted by Gasteiger charge is 2.36. The molecule has 4 aromatic heterocycles. The van der Waals surface area contributed by atoms with Gasteiger partial charge in [-0.05, 0) is 38.0 Å². The van der Waals surface area contributed by atoms with Gasteiger partial charge in [-0.25, -0.2) is 9.97 Å². The molecule has 0 spiro atoms. The van der Waals surface area contributed by atoms with Crippen molar-refractivity contribution in [3.05, 3.63) is 54.5 Å². The summed E-state index contributed by atoms with van der Waals surface area (Å²) in [6, 6.07) is 10.1. The fourth-order valence-corrected chi connectivity index (χ4v) is 4.50. The van der Waals surface area contributed by atoms with Crippen LogP contribution in [-0.2, 0) is 12.0 Å². The maximum absolute atomic E-state index is 12.8. The van der Waals surface area contributed by atoms with Gasteiger partial charge in [0.1, 0.15) is 12.4 Å². The molecule has 1 aliphatic heterocycles. The van der Waals surface area contributed by atoms with Gasteiger partial charge in [0.15, 0.2) is 22.8 Å². The molecule has 0 aliphatic carbocycles. The number of aromatic amines is 1. The Bertz CT molecular complexity index is 1580. The highest BCUT2D eigenvalue weighted by Crippen LogP contribution is 2.37. The molecule has 9 nitrogen and oxygen atoms in total. The highest BCUT2D eigenvalue weighted by atomic mass is 19.3. The van der Waals surface area contributed by atoms with Crippen molar-refractivity contribution in [3.63, 3.8) is 0 Å². The summed E-state index contributed by atoms with van der Waals surface area (Å²) in [4.78, 5) is 21.4. The zero-order valence-corrected chi connectivity index (χ0v) is 19.6. The Hall–Kier alpha value is -4.28. The lowest BCUT2D eigenvalue weighted by molar-refractivity contribution is -0.0500. The molecule has 0 unspecified atom stereocenters. The summed E-state index contributed by atoms with van der Waals surface area (Å²) in [7, 11) is 0. The third kappa shape index (κ3) is 3.86. The number of para-hydroxylation sites is 1. The average Bonchev–Trinajstić information content (AvgIpc) is 3.52. The minimum absolute atomic E-state index is 0.0674. The predicted molar refractivity (Wildman–Crippen MR) is 130 cm³/mol. The van der Waals surface area contributed by atoms with Gasteiger partial charge in [0, 0.05) is 35.4 Å². The lowest BCUT2D eigenvalue weighted by Gasteiger charge is -2.18. The monoisotopic (exact) mass is 491 g/mol. The molecule has 1 aliphatic rings. The molecule has 0 bridgehead atoms. The number of ether oxygens (including phenoxy) is 2.